The Morgan fingerprint density at radius 1 is 1.19 bits per heavy atom. The van der Waals surface area contributed by atoms with Crippen molar-refractivity contribution in [2.24, 2.45) is 5.73 Å². The summed E-state index contributed by atoms with van der Waals surface area (Å²) in [6, 6.07) is 6.82. The molecule has 0 radical (unpaired) electrons. The van der Waals surface area contributed by atoms with E-state index in [1.54, 1.807) is 28.6 Å². The number of piperidine rings is 1. The van der Waals surface area contributed by atoms with Crippen LogP contribution < -0.4 is 5.73 Å². The first-order valence-corrected chi connectivity index (χ1v) is 8.73. The molecule has 5 heteroatoms. The van der Waals surface area contributed by atoms with Gasteiger partial charge in [0.2, 0.25) is 10.0 Å². The van der Waals surface area contributed by atoms with Crippen molar-refractivity contribution >= 4 is 10.0 Å². The Morgan fingerprint density at radius 2 is 1.76 bits per heavy atom. The van der Waals surface area contributed by atoms with Gasteiger partial charge in [0, 0.05) is 17.6 Å². The Morgan fingerprint density at radius 3 is 2.29 bits per heavy atom. The maximum absolute atomic E-state index is 12.8. The number of nitrogens with two attached hydrogens (primary N) is 1. The molecule has 0 spiro atoms. The third-order valence-corrected chi connectivity index (χ3v) is 6.02. The Bertz CT molecular complexity index is 631. The van der Waals surface area contributed by atoms with E-state index in [1.165, 1.54) is 0 Å². The molecule has 2 N–H and O–H groups in total. The topological polar surface area (TPSA) is 63.4 Å². The van der Waals surface area contributed by atoms with E-state index in [0.717, 1.165) is 24.8 Å². The highest BCUT2D eigenvalue weighted by atomic mass is 32.2. The lowest BCUT2D eigenvalue weighted by Gasteiger charge is -2.37. The highest BCUT2D eigenvalue weighted by Crippen LogP contribution is 2.29. The minimum atomic E-state index is -3.44. The second kappa shape index (κ2) is 6.61. The first-order valence-electron chi connectivity index (χ1n) is 7.29. The van der Waals surface area contributed by atoms with Gasteiger partial charge in [0.25, 0.3) is 0 Å². The minimum absolute atomic E-state index is 0.0514. The van der Waals surface area contributed by atoms with Crippen molar-refractivity contribution in [2.75, 3.05) is 6.54 Å². The van der Waals surface area contributed by atoms with Gasteiger partial charge in [0.15, 0.2) is 0 Å². The standard InChI is InChI=1S/C16H22N2O2S/c1-13-5-3-6-14(2)18(13)21(19,20)16-10-8-15(9-11-16)7-4-12-17/h8-11,13-14H,3,5-6,12,17H2,1-2H3. The van der Waals surface area contributed by atoms with Crippen LogP contribution in [0.15, 0.2) is 29.2 Å². The summed E-state index contributed by atoms with van der Waals surface area (Å²) in [7, 11) is -3.44. The average Bonchev–Trinajstić information content (AvgIpc) is 2.45. The summed E-state index contributed by atoms with van der Waals surface area (Å²) in [5.41, 5.74) is 6.10. The molecule has 0 saturated carbocycles. The number of hydrogen-bond donors (Lipinski definition) is 1. The summed E-state index contributed by atoms with van der Waals surface area (Å²) in [6.45, 7) is 4.26. The van der Waals surface area contributed by atoms with Crippen LogP contribution in [-0.4, -0.2) is 31.4 Å². The number of benzene rings is 1. The molecule has 0 bridgehead atoms. The summed E-state index contributed by atoms with van der Waals surface area (Å²) < 4.78 is 27.3. The van der Waals surface area contributed by atoms with Gasteiger partial charge in [-0.2, -0.15) is 4.31 Å². The molecule has 0 amide bonds. The molecule has 1 aliphatic rings. The second-order valence-corrected chi connectivity index (χ2v) is 7.34. The van der Waals surface area contributed by atoms with Gasteiger partial charge in [0.05, 0.1) is 11.4 Å². The molecule has 1 aromatic carbocycles. The smallest absolute Gasteiger partial charge is 0.243 e. The quantitative estimate of drug-likeness (QED) is 0.849. The van der Waals surface area contributed by atoms with E-state index in [9.17, 15) is 8.42 Å². The van der Waals surface area contributed by atoms with Crippen LogP contribution >= 0.6 is 0 Å². The molecule has 1 fully saturated rings. The van der Waals surface area contributed by atoms with Gasteiger partial charge in [-0.15, -0.1) is 0 Å². The minimum Gasteiger partial charge on any atom is -0.320 e. The third-order valence-electron chi connectivity index (χ3n) is 3.88. The molecule has 4 nitrogen and oxygen atoms in total. The zero-order valence-corrected chi connectivity index (χ0v) is 13.4. The molecule has 2 atom stereocenters. The number of nitrogens with zero attached hydrogens (tertiary/aromatic N) is 1. The largest absolute Gasteiger partial charge is 0.320 e. The zero-order chi connectivity index (χ0) is 15.5. The Kier molecular flexibility index (Phi) is 5.04. The van der Waals surface area contributed by atoms with Gasteiger partial charge in [-0.05, 0) is 51.0 Å². The number of rotatable bonds is 2. The van der Waals surface area contributed by atoms with Gasteiger partial charge in [-0.3, -0.25) is 0 Å². The molecule has 0 aromatic heterocycles. The van der Waals surface area contributed by atoms with Crippen molar-refractivity contribution in [3.05, 3.63) is 29.8 Å². The van der Waals surface area contributed by atoms with E-state index in [1.807, 2.05) is 13.8 Å². The van der Waals surface area contributed by atoms with Crippen LogP contribution in [0.2, 0.25) is 0 Å². The normalized spacial score (nSPS) is 23.4. The first-order chi connectivity index (χ1) is 9.96. The molecule has 0 aliphatic carbocycles. The van der Waals surface area contributed by atoms with Gasteiger partial charge in [0.1, 0.15) is 0 Å². The Balaban J connectivity index is 2.30. The predicted octanol–water partition coefficient (Wildman–Crippen LogP) is 1.95. The monoisotopic (exact) mass is 306 g/mol. The van der Waals surface area contributed by atoms with E-state index >= 15 is 0 Å². The summed E-state index contributed by atoms with van der Waals surface area (Å²) in [4.78, 5) is 0.335. The number of hydrogen-bond acceptors (Lipinski definition) is 3. The summed E-state index contributed by atoms with van der Waals surface area (Å²) >= 11 is 0. The van der Waals surface area contributed by atoms with Gasteiger partial charge in [-0.1, -0.05) is 18.3 Å². The highest BCUT2D eigenvalue weighted by Gasteiger charge is 2.35. The molecule has 2 unspecified atom stereocenters. The lowest BCUT2D eigenvalue weighted by molar-refractivity contribution is 0.204. The molecule has 21 heavy (non-hydrogen) atoms. The van der Waals surface area contributed by atoms with E-state index in [2.05, 4.69) is 11.8 Å². The van der Waals surface area contributed by atoms with Crippen LogP contribution in [0, 0.1) is 11.8 Å². The fourth-order valence-electron chi connectivity index (χ4n) is 2.86. The van der Waals surface area contributed by atoms with Gasteiger partial charge < -0.3 is 5.73 Å². The summed E-state index contributed by atoms with van der Waals surface area (Å²) in [5, 5.41) is 0. The highest BCUT2D eigenvalue weighted by molar-refractivity contribution is 7.89. The lowest BCUT2D eigenvalue weighted by Crippen LogP contribution is -2.47. The SMILES string of the molecule is CC1CCCC(C)N1S(=O)(=O)c1ccc(C#CCN)cc1. The van der Waals surface area contributed by atoms with Gasteiger partial charge >= 0.3 is 0 Å². The molecular weight excluding hydrogens is 284 g/mol. The van der Waals surface area contributed by atoms with E-state index in [0.29, 0.717) is 11.4 Å². The fourth-order valence-corrected chi connectivity index (χ4v) is 4.74. The average molecular weight is 306 g/mol. The number of sulfonamides is 1. The van der Waals surface area contributed by atoms with Crippen molar-refractivity contribution in [2.45, 2.75) is 50.1 Å². The second-order valence-electron chi connectivity index (χ2n) is 5.49. The summed E-state index contributed by atoms with van der Waals surface area (Å²) in [5.74, 6) is 5.65. The van der Waals surface area contributed by atoms with Crippen LogP contribution in [0.3, 0.4) is 0 Å². The third kappa shape index (κ3) is 3.46. The molecule has 2 rings (SSSR count). The molecule has 1 saturated heterocycles. The first kappa shape index (κ1) is 16.0. The van der Waals surface area contributed by atoms with Crippen molar-refractivity contribution in [3.63, 3.8) is 0 Å². The van der Waals surface area contributed by atoms with Crippen LogP contribution in [-0.2, 0) is 10.0 Å². The molecular formula is C16H22N2O2S. The molecule has 1 aliphatic heterocycles. The van der Waals surface area contributed by atoms with E-state index in [-0.39, 0.29) is 12.1 Å². The van der Waals surface area contributed by atoms with Crippen molar-refractivity contribution in [3.8, 4) is 11.8 Å². The van der Waals surface area contributed by atoms with Crippen molar-refractivity contribution in [1.29, 1.82) is 0 Å². The maximum Gasteiger partial charge on any atom is 0.243 e. The Hall–Kier alpha value is -1.35. The van der Waals surface area contributed by atoms with Crippen molar-refractivity contribution < 1.29 is 8.42 Å². The van der Waals surface area contributed by atoms with Gasteiger partial charge in [-0.25, -0.2) is 8.42 Å². The van der Waals surface area contributed by atoms with Crippen LogP contribution in [0.4, 0.5) is 0 Å². The summed E-state index contributed by atoms with van der Waals surface area (Å²) in [6.07, 6.45) is 2.93. The van der Waals surface area contributed by atoms with Crippen LogP contribution in [0.25, 0.3) is 0 Å². The zero-order valence-electron chi connectivity index (χ0n) is 12.5. The van der Waals surface area contributed by atoms with E-state index < -0.39 is 10.0 Å². The Labute approximate surface area is 127 Å². The fraction of sp³-hybridized carbons (Fsp3) is 0.500. The van der Waals surface area contributed by atoms with Crippen molar-refractivity contribution in [1.82, 2.24) is 4.31 Å². The molecule has 1 aromatic rings. The lowest BCUT2D eigenvalue weighted by atomic mass is 10.0. The predicted molar refractivity (Wildman–Crippen MR) is 84.2 cm³/mol. The van der Waals surface area contributed by atoms with Crippen LogP contribution in [0.1, 0.15) is 38.7 Å². The molecule has 1 heterocycles. The van der Waals surface area contributed by atoms with E-state index in [4.69, 9.17) is 5.73 Å². The van der Waals surface area contributed by atoms with Crippen LogP contribution in [0.5, 0.6) is 0 Å². The maximum atomic E-state index is 12.8. The molecule has 114 valence electrons.